The molecule has 0 bridgehead atoms. The van der Waals surface area contributed by atoms with Crippen molar-refractivity contribution in [1.29, 1.82) is 0 Å². The molecule has 0 saturated heterocycles. The quantitative estimate of drug-likeness (QED) is 0.657. The number of hydrogen-bond donors (Lipinski definition) is 2. The van der Waals surface area contributed by atoms with Crippen LogP contribution in [0.4, 0.5) is 0 Å². The van der Waals surface area contributed by atoms with E-state index in [1.54, 1.807) is 13.2 Å². The van der Waals surface area contributed by atoms with Crippen molar-refractivity contribution in [3.8, 4) is 0 Å². The lowest BCUT2D eigenvalue weighted by atomic mass is 9.91. The first-order valence-electron chi connectivity index (χ1n) is 4.50. The fourth-order valence-electron chi connectivity index (χ4n) is 1.54. The van der Waals surface area contributed by atoms with Crippen LogP contribution in [0.5, 0.6) is 0 Å². The zero-order valence-electron chi connectivity index (χ0n) is 7.86. The molecule has 1 aliphatic rings. The lowest BCUT2D eigenvalue weighted by Gasteiger charge is -2.21. The van der Waals surface area contributed by atoms with Crippen molar-refractivity contribution >= 4 is 0 Å². The molecule has 0 amide bonds. The van der Waals surface area contributed by atoms with Crippen LogP contribution in [0.15, 0.2) is 23.7 Å². The van der Waals surface area contributed by atoms with Crippen LogP contribution in [0.3, 0.4) is 0 Å². The van der Waals surface area contributed by atoms with Crippen LogP contribution in [0.2, 0.25) is 0 Å². The highest BCUT2D eigenvalue weighted by Gasteiger charge is 2.19. The van der Waals surface area contributed by atoms with Crippen LogP contribution < -0.4 is 0 Å². The minimum atomic E-state index is 0.0779. The molecular weight excluding hydrogens is 168 g/mol. The molecule has 3 heteroatoms. The van der Waals surface area contributed by atoms with Gasteiger partial charge in [-0.05, 0) is 12.3 Å². The van der Waals surface area contributed by atoms with E-state index in [9.17, 15) is 5.11 Å². The molecular formula is C10H16O3. The van der Waals surface area contributed by atoms with E-state index in [0.29, 0.717) is 23.9 Å². The Morgan fingerprint density at radius 1 is 1.62 bits per heavy atom. The van der Waals surface area contributed by atoms with Gasteiger partial charge in [-0.2, -0.15) is 0 Å². The molecule has 0 aliphatic heterocycles. The van der Waals surface area contributed by atoms with Gasteiger partial charge in [-0.25, -0.2) is 0 Å². The summed E-state index contributed by atoms with van der Waals surface area (Å²) in [6, 6.07) is 0. The van der Waals surface area contributed by atoms with E-state index >= 15 is 0 Å². The summed E-state index contributed by atoms with van der Waals surface area (Å²) in [5, 5.41) is 18.0. The van der Waals surface area contributed by atoms with Crippen LogP contribution in [-0.2, 0) is 4.74 Å². The fourth-order valence-corrected chi connectivity index (χ4v) is 1.54. The van der Waals surface area contributed by atoms with Crippen LogP contribution in [0.25, 0.3) is 0 Å². The number of hydrogen-bond acceptors (Lipinski definition) is 3. The van der Waals surface area contributed by atoms with E-state index in [1.807, 2.05) is 6.08 Å². The Kier molecular flexibility index (Phi) is 3.83. The summed E-state index contributed by atoms with van der Waals surface area (Å²) in [7, 11) is 1.57. The third-order valence-corrected chi connectivity index (χ3v) is 2.28. The highest BCUT2D eigenvalue weighted by Crippen LogP contribution is 2.29. The first-order valence-corrected chi connectivity index (χ1v) is 4.50. The second-order valence-electron chi connectivity index (χ2n) is 3.19. The lowest BCUT2D eigenvalue weighted by molar-refractivity contribution is 0.207. The Labute approximate surface area is 78.3 Å². The molecule has 3 nitrogen and oxygen atoms in total. The Bertz CT molecular complexity index is 218. The Hall–Kier alpha value is -0.960. The number of allylic oxidation sites excluding steroid dienone is 3. The van der Waals surface area contributed by atoms with Gasteiger partial charge in [-0.1, -0.05) is 12.2 Å². The minimum Gasteiger partial charge on any atom is -0.509 e. The van der Waals surface area contributed by atoms with E-state index in [-0.39, 0.29) is 6.61 Å². The van der Waals surface area contributed by atoms with Gasteiger partial charge in [-0.3, -0.25) is 0 Å². The van der Waals surface area contributed by atoms with Crippen LogP contribution in [0, 0.1) is 5.92 Å². The van der Waals surface area contributed by atoms with E-state index in [4.69, 9.17) is 9.84 Å². The summed E-state index contributed by atoms with van der Waals surface area (Å²) in [6.07, 6.45) is 6.05. The van der Waals surface area contributed by atoms with Crippen molar-refractivity contribution in [3.05, 3.63) is 23.7 Å². The SMILES string of the molecule is COC1=C(O)CCC(/C=C/CO)C1. The molecule has 1 rings (SSSR count). The van der Waals surface area contributed by atoms with Gasteiger partial charge in [0.2, 0.25) is 0 Å². The first-order chi connectivity index (χ1) is 6.27. The van der Waals surface area contributed by atoms with Gasteiger partial charge in [0, 0.05) is 12.8 Å². The molecule has 0 fully saturated rings. The number of methoxy groups -OCH3 is 1. The summed E-state index contributed by atoms with van der Waals surface area (Å²) in [5.41, 5.74) is 0. The highest BCUT2D eigenvalue weighted by atomic mass is 16.5. The maximum absolute atomic E-state index is 9.39. The molecule has 1 atom stereocenters. The van der Waals surface area contributed by atoms with Gasteiger partial charge < -0.3 is 14.9 Å². The molecule has 0 radical (unpaired) electrons. The molecule has 2 N–H and O–H groups in total. The summed E-state index contributed by atoms with van der Waals surface area (Å²) < 4.78 is 5.05. The third kappa shape index (κ3) is 2.77. The minimum absolute atomic E-state index is 0.0779. The Balaban J connectivity index is 2.54. The number of aliphatic hydroxyl groups excluding tert-OH is 2. The first kappa shape index (κ1) is 10.1. The van der Waals surface area contributed by atoms with Crippen LogP contribution in [-0.4, -0.2) is 23.9 Å². The van der Waals surface area contributed by atoms with E-state index < -0.39 is 0 Å². The molecule has 1 aliphatic carbocycles. The molecule has 0 aromatic rings. The van der Waals surface area contributed by atoms with E-state index in [1.165, 1.54) is 0 Å². The summed E-state index contributed by atoms with van der Waals surface area (Å²) in [5.74, 6) is 1.44. The van der Waals surface area contributed by atoms with Gasteiger partial charge >= 0.3 is 0 Å². The van der Waals surface area contributed by atoms with Gasteiger partial charge in [0.05, 0.1) is 13.7 Å². The van der Waals surface area contributed by atoms with Crippen molar-refractivity contribution in [2.75, 3.05) is 13.7 Å². The summed E-state index contributed by atoms with van der Waals surface area (Å²) in [6.45, 7) is 0.0779. The van der Waals surface area contributed by atoms with Gasteiger partial charge in [0.25, 0.3) is 0 Å². The standard InChI is InChI=1S/C10H16O3/c1-13-10-7-8(3-2-6-11)4-5-9(10)12/h2-3,8,11-12H,4-7H2,1H3/b3-2+. The van der Waals surface area contributed by atoms with E-state index in [2.05, 4.69) is 0 Å². The molecule has 74 valence electrons. The topological polar surface area (TPSA) is 49.7 Å². The largest absolute Gasteiger partial charge is 0.509 e. The average Bonchev–Trinajstić information content (AvgIpc) is 2.16. The number of rotatable bonds is 3. The molecule has 1 unspecified atom stereocenters. The lowest BCUT2D eigenvalue weighted by Crippen LogP contribution is -2.09. The van der Waals surface area contributed by atoms with Crippen molar-refractivity contribution in [1.82, 2.24) is 0 Å². The zero-order chi connectivity index (χ0) is 9.68. The predicted octanol–water partition coefficient (Wildman–Crippen LogP) is 1.75. The van der Waals surface area contributed by atoms with Crippen molar-refractivity contribution in [2.24, 2.45) is 5.92 Å². The number of aliphatic hydroxyl groups is 2. The fraction of sp³-hybridized carbons (Fsp3) is 0.600. The van der Waals surface area contributed by atoms with E-state index in [0.717, 1.165) is 12.8 Å². The second kappa shape index (κ2) is 4.92. The normalized spacial score (nSPS) is 24.0. The maximum atomic E-state index is 9.39. The molecule has 0 aromatic carbocycles. The monoisotopic (exact) mass is 184 g/mol. The second-order valence-corrected chi connectivity index (χ2v) is 3.19. The van der Waals surface area contributed by atoms with Gasteiger partial charge in [0.15, 0.2) is 0 Å². The van der Waals surface area contributed by atoms with Crippen molar-refractivity contribution < 1.29 is 14.9 Å². The van der Waals surface area contributed by atoms with Gasteiger partial charge in [0.1, 0.15) is 11.5 Å². The molecule has 0 spiro atoms. The Morgan fingerprint density at radius 3 is 3.00 bits per heavy atom. The smallest absolute Gasteiger partial charge is 0.133 e. The van der Waals surface area contributed by atoms with Crippen LogP contribution in [0.1, 0.15) is 19.3 Å². The zero-order valence-corrected chi connectivity index (χ0v) is 7.86. The molecule has 0 aromatic heterocycles. The highest BCUT2D eigenvalue weighted by molar-refractivity contribution is 5.09. The maximum Gasteiger partial charge on any atom is 0.133 e. The van der Waals surface area contributed by atoms with Crippen molar-refractivity contribution in [2.45, 2.75) is 19.3 Å². The van der Waals surface area contributed by atoms with Crippen molar-refractivity contribution in [3.63, 3.8) is 0 Å². The average molecular weight is 184 g/mol. The Morgan fingerprint density at radius 2 is 2.38 bits per heavy atom. The molecule has 13 heavy (non-hydrogen) atoms. The molecule has 0 saturated carbocycles. The van der Waals surface area contributed by atoms with Gasteiger partial charge in [-0.15, -0.1) is 0 Å². The summed E-state index contributed by atoms with van der Waals surface area (Å²) in [4.78, 5) is 0. The number of ether oxygens (including phenoxy) is 1. The third-order valence-electron chi connectivity index (χ3n) is 2.28. The predicted molar refractivity (Wildman–Crippen MR) is 50.2 cm³/mol. The van der Waals surface area contributed by atoms with Crippen LogP contribution >= 0.6 is 0 Å². The summed E-state index contributed by atoms with van der Waals surface area (Å²) >= 11 is 0. The molecule has 0 heterocycles.